The Labute approximate surface area is 272 Å². The first-order valence-corrected chi connectivity index (χ1v) is 15.6. The standard InChI is InChI=1S/C33H24BF9O2S2/c1-19-29(21-6-3-8-23(12-21)31(35,36)37)15-27(46-19)17-44-34(26-11-5-10-25(14-26)33(41,42)43)45-18-28-16-30(20(2)47-28)22-7-4-9-24(13-22)32(38,39)40/h3-16H,17-18H2,1-2H3. The van der Waals surface area contributed by atoms with Crippen LogP contribution in [0.15, 0.2) is 84.9 Å². The number of benzene rings is 3. The smallest absolute Gasteiger partial charge is 0.402 e. The molecular formula is C33H24BF9O2S2. The van der Waals surface area contributed by atoms with Gasteiger partial charge >= 0.3 is 25.6 Å². The van der Waals surface area contributed by atoms with Crippen molar-refractivity contribution in [3.8, 4) is 22.3 Å². The van der Waals surface area contributed by atoms with E-state index in [0.717, 1.165) is 46.2 Å². The molecule has 5 rings (SSSR count). The van der Waals surface area contributed by atoms with E-state index in [-0.39, 0.29) is 18.7 Å². The maximum absolute atomic E-state index is 13.5. The fraction of sp³-hybridized carbons (Fsp3) is 0.212. The lowest BCUT2D eigenvalue weighted by molar-refractivity contribution is -0.138. The van der Waals surface area contributed by atoms with Crippen LogP contribution in [-0.2, 0) is 41.1 Å². The second-order valence-electron chi connectivity index (χ2n) is 10.6. The molecule has 0 amide bonds. The summed E-state index contributed by atoms with van der Waals surface area (Å²) in [6.45, 7) is 3.24. The van der Waals surface area contributed by atoms with E-state index in [0.29, 0.717) is 32.0 Å². The number of hydrogen-bond donors (Lipinski definition) is 0. The first-order chi connectivity index (χ1) is 22.0. The molecule has 47 heavy (non-hydrogen) atoms. The molecule has 2 nitrogen and oxygen atoms in total. The molecule has 0 aliphatic carbocycles. The van der Waals surface area contributed by atoms with Crippen molar-refractivity contribution >= 4 is 35.3 Å². The summed E-state index contributed by atoms with van der Waals surface area (Å²) in [6, 6.07) is 17.6. The van der Waals surface area contributed by atoms with Gasteiger partial charge in [0, 0.05) is 19.5 Å². The summed E-state index contributed by atoms with van der Waals surface area (Å²) >= 11 is 2.53. The monoisotopic (exact) mass is 698 g/mol. The molecule has 2 aromatic heterocycles. The normalized spacial score (nSPS) is 12.5. The topological polar surface area (TPSA) is 18.5 Å². The lowest BCUT2D eigenvalue weighted by Gasteiger charge is -2.16. The van der Waals surface area contributed by atoms with Crippen molar-refractivity contribution in [3.05, 3.63) is 121 Å². The number of rotatable bonds is 9. The van der Waals surface area contributed by atoms with Crippen LogP contribution in [0, 0.1) is 13.8 Å². The molecule has 3 aromatic carbocycles. The molecule has 0 saturated carbocycles. The SMILES string of the molecule is Cc1sc(COB(OCc2cc(-c3cccc(C(F)(F)F)c3)c(C)s2)c2cccc(C(F)(F)F)c2)cc1-c1cccc(C(F)(F)F)c1. The van der Waals surface area contributed by atoms with Crippen molar-refractivity contribution in [2.24, 2.45) is 0 Å². The number of halogens is 9. The van der Waals surface area contributed by atoms with Gasteiger partial charge in [-0.3, -0.25) is 0 Å². The van der Waals surface area contributed by atoms with Gasteiger partial charge in [0.15, 0.2) is 0 Å². The molecule has 0 N–H and O–H groups in total. The molecule has 2 heterocycles. The average molecular weight is 698 g/mol. The Morgan fingerprint density at radius 2 is 0.915 bits per heavy atom. The highest BCUT2D eigenvalue weighted by atomic mass is 32.1. The summed E-state index contributed by atoms with van der Waals surface area (Å²) in [7, 11) is -1.28. The van der Waals surface area contributed by atoms with Crippen molar-refractivity contribution in [2.75, 3.05) is 0 Å². The van der Waals surface area contributed by atoms with Crippen molar-refractivity contribution in [2.45, 2.75) is 45.6 Å². The quantitative estimate of drug-likeness (QED) is 0.113. The molecule has 0 spiro atoms. The van der Waals surface area contributed by atoms with Crippen LogP contribution in [0.3, 0.4) is 0 Å². The third-order valence-corrected chi connectivity index (χ3v) is 9.23. The first kappa shape index (κ1) is 34.7. The fourth-order valence-corrected chi connectivity index (χ4v) is 6.91. The number of hydrogen-bond acceptors (Lipinski definition) is 4. The van der Waals surface area contributed by atoms with Gasteiger partial charge in [0.05, 0.1) is 29.9 Å². The molecule has 246 valence electrons. The highest BCUT2D eigenvalue weighted by Gasteiger charge is 2.34. The van der Waals surface area contributed by atoms with Gasteiger partial charge in [0.25, 0.3) is 0 Å². The molecule has 0 bridgehead atoms. The summed E-state index contributed by atoms with van der Waals surface area (Å²) in [6.07, 6.45) is -13.7. The van der Waals surface area contributed by atoms with E-state index in [4.69, 9.17) is 9.31 Å². The minimum Gasteiger partial charge on any atom is -0.402 e. The summed E-state index contributed by atoms with van der Waals surface area (Å²) in [5, 5.41) is 0. The van der Waals surface area contributed by atoms with Crippen LogP contribution in [0.5, 0.6) is 0 Å². The molecular weight excluding hydrogens is 674 g/mol. The second kappa shape index (κ2) is 13.5. The molecule has 0 fully saturated rings. The van der Waals surface area contributed by atoms with E-state index in [2.05, 4.69) is 0 Å². The molecule has 0 saturated heterocycles. The molecule has 0 radical (unpaired) electrons. The number of thiophene rings is 2. The zero-order valence-corrected chi connectivity index (χ0v) is 26.2. The molecule has 14 heteroatoms. The Hall–Kier alpha value is -3.59. The van der Waals surface area contributed by atoms with Crippen molar-refractivity contribution in [1.82, 2.24) is 0 Å². The summed E-state index contributed by atoms with van der Waals surface area (Å²) in [4.78, 5) is 2.65. The van der Waals surface area contributed by atoms with Gasteiger partial charge in [-0.05, 0) is 78.0 Å². The third kappa shape index (κ3) is 8.47. The first-order valence-electron chi connectivity index (χ1n) is 13.9. The fourth-order valence-electron chi connectivity index (χ4n) is 4.95. The van der Waals surface area contributed by atoms with Gasteiger partial charge in [0.2, 0.25) is 0 Å². The van der Waals surface area contributed by atoms with Crippen LogP contribution in [0.25, 0.3) is 22.3 Å². The van der Waals surface area contributed by atoms with Crippen molar-refractivity contribution in [1.29, 1.82) is 0 Å². The van der Waals surface area contributed by atoms with Crippen LogP contribution < -0.4 is 5.46 Å². The maximum atomic E-state index is 13.5. The lowest BCUT2D eigenvalue weighted by atomic mass is 9.78. The van der Waals surface area contributed by atoms with E-state index in [9.17, 15) is 39.5 Å². The third-order valence-electron chi connectivity index (χ3n) is 7.18. The van der Waals surface area contributed by atoms with Crippen molar-refractivity contribution in [3.63, 3.8) is 0 Å². The Kier molecular flexibility index (Phi) is 9.98. The van der Waals surface area contributed by atoms with Gasteiger partial charge in [-0.1, -0.05) is 48.5 Å². The Bertz CT molecular complexity index is 1750. The zero-order valence-electron chi connectivity index (χ0n) is 24.6. The molecule has 5 aromatic rings. The molecule has 0 aliphatic rings. The summed E-state index contributed by atoms with van der Waals surface area (Å²) < 4.78 is 132. The van der Waals surface area contributed by atoms with Gasteiger partial charge < -0.3 is 9.31 Å². The Balaban J connectivity index is 1.38. The summed E-state index contributed by atoms with van der Waals surface area (Å²) in [5.41, 5.74) is -0.583. The highest BCUT2D eigenvalue weighted by Crippen LogP contribution is 2.38. The van der Waals surface area contributed by atoms with E-state index < -0.39 is 42.3 Å². The van der Waals surface area contributed by atoms with Gasteiger partial charge in [-0.15, -0.1) is 22.7 Å². The lowest BCUT2D eigenvalue weighted by Crippen LogP contribution is -2.37. The van der Waals surface area contributed by atoms with Gasteiger partial charge in [-0.2, -0.15) is 39.5 Å². The molecule has 0 aliphatic heterocycles. The van der Waals surface area contributed by atoms with E-state index in [1.54, 1.807) is 38.1 Å². The Morgan fingerprint density at radius 3 is 1.32 bits per heavy atom. The maximum Gasteiger partial charge on any atom is 0.494 e. The molecule has 0 atom stereocenters. The van der Waals surface area contributed by atoms with E-state index >= 15 is 0 Å². The number of alkyl halides is 9. The van der Waals surface area contributed by atoms with Crippen LogP contribution in [-0.4, -0.2) is 7.12 Å². The van der Waals surface area contributed by atoms with Crippen LogP contribution in [0.1, 0.15) is 36.2 Å². The predicted molar refractivity (Wildman–Crippen MR) is 165 cm³/mol. The van der Waals surface area contributed by atoms with E-state index in [1.807, 2.05) is 0 Å². The molecule has 0 unspecified atom stereocenters. The van der Waals surface area contributed by atoms with Gasteiger partial charge in [0.1, 0.15) is 0 Å². The predicted octanol–water partition coefficient (Wildman–Crippen LogP) is 10.9. The van der Waals surface area contributed by atoms with Gasteiger partial charge in [-0.25, -0.2) is 0 Å². The largest absolute Gasteiger partial charge is 0.494 e. The van der Waals surface area contributed by atoms with E-state index in [1.165, 1.54) is 46.9 Å². The minimum absolute atomic E-state index is 0.0811. The average Bonchev–Trinajstić information content (AvgIpc) is 3.57. The Morgan fingerprint density at radius 1 is 0.532 bits per heavy atom. The zero-order chi connectivity index (χ0) is 34.1. The van der Waals surface area contributed by atoms with Crippen LogP contribution in [0.4, 0.5) is 39.5 Å². The second-order valence-corrected chi connectivity index (χ2v) is 13.3. The number of aryl methyl sites for hydroxylation is 2. The highest BCUT2D eigenvalue weighted by molar-refractivity contribution is 7.12. The van der Waals surface area contributed by atoms with Crippen molar-refractivity contribution < 1.29 is 48.8 Å². The van der Waals surface area contributed by atoms with Crippen LogP contribution >= 0.6 is 22.7 Å². The minimum atomic E-state index is -4.63. The summed E-state index contributed by atoms with van der Waals surface area (Å²) in [5.74, 6) is 0. The van der Waals surface area contributed by atoms with Crippen LogP contribution in [0.2, 0.25) is 0 Å².